The van der Waals surface area contributed by atoms with Gasteiger partial charge < -0.3 is 15.5 Å². The summed E-state index contributed by atoms with van der Waals surface area (Å²) < 4.78 is 0. The number of nitrogens with one attached hydrogen (secondary N) is 1. The lowest BCUT2D eigenvalue weighted by Crippen LogP contribution is -2.24. The smallest absolute Gasteiger partial charge is 0.306 e. The number of carbonyl (C=O) groups excluding carboxylic acids is 2. The predicted molar refractivity (Wildman–Crippen MR) is 176 cm³/mol. The van der Waals surface area contributed by atoms with Gasteiger partial charge in [0.15, 0.2) is 0 Å². The summed E-state index contributed by atoms with van der Waals surface area (Å²) in [6.45, 7) is 2.35. The summed E-state index contributed by atoms with van der Waals surface area (Å²) in [5.41, 5.74) is 0. The molecule has 1 amide bonds. The maximum atomic E-state index is 12.1. The fraction of sp³-hybridized carbons (Fsp3) is 0.889. The minimum absolute atomic E-state index is 0.0926. The zero-order chi connectivity index (χ0) is 31.8. The highest BCUT2D eigenvalue weighted by atomic mass is 16.4. The topological polar surface area (TPSA) is 121 Å². The Morgan fingerprint density at radius 1 is 0.465 bits per heavy atom. The molecule has 0 saturated carbocycles. The van der Waals surface area contributed by atoms with E-state index in [1.165, 1.54) is 83.5 Å². The number of carbonyl (C=O) groups is 4. The quantitative estimate of drug-likeness (QED) is 0.0624. The average Bonchev–Trinajstić information content (AvgIpc) is 2.97. The third-order valence-corrected chi connectivity index (χ3v) is 8.51. The fourth-order valence-corrected chi connectivity index (χ4v) is 5.53. The zero-order valence-electron chi connectivity index (χ0n) is 27.8. The Kier molecular flexibility index (Phi) is 30.1. The Morgan fingerprint density at radius 2 is 0.814 bits per heavy atom. The molecule has 43 heavy (non-hydrogen) atoms. The summed E-state index contributed by atoms with van der Waals surface area (Å²) in [6, 6.07) is 0. The Bertz CT molecular complexity index is 695. The molecule has 0 aliphatic carbocycles. The third kappa shape index (κ3) is 32.8. The first kappa shape index (κ1) is 41.1. The molecule has 252 valence electrons. The first-order chi connectivity index (χ1) is 20.8. The standard InChI is InChI=1S/C36H67NO6/c1-32(36(42)43)26-24-25-31-37-34(39)29-22-18-15-14-17-21-28-33(38)27-20-16-12-10-8-6-4-2-3-5-7-9-11-13-19-23-30-35(40)41/h32H,2-31H2,1H3,(H,37,39)(H,40,41)(H,42,43)/t32-/m0/s1. The van der Waals surface area contributed by atoms with Crippen LogP contribution in [0.2, 0.25) is 0 Å². The number of rotatable bonds is 34. The molecule has 0 heterocycles. The monoisotopic (exact) mass is 609 g/mol. The van der Waals surface area contributed by atoms with E-state index in [-0.39, 0.29) is 11.8 Å². The van der Waals surface area contributed by atoms with E-state index >= 15 is 0 Å². The van der Waals surface area contributed by atoms with Gasteiger partial charge in [-0.15, -0.1) is 0 Å². The molecule has 7 nitrogen and oxygen atoms in total. The average molecular weight is 610 g/mol. The number of hydrogen-bond donors (Lipinski definition) is 3. The van der Waals surface area contributed by atoms with E-state index in [4.69, 9.17) is 10.2 Å². The Labute approximate surface area is 263 Å². The maximum absolute atomic E-state index is 12.1. The van der Waals surface area contributed by atoms with Crippen LogP contribution >= 0.6 is 0 Å². The lowest BCUT2D eigenvalue weighted by Gasteiger charge is -2.07. The Balaban J connectivity index is 3.27. The number of amides is 1. The summed E-state index contributed by atoms with van der Waals surface area (Å²) in [6.07, 6.45) is 30.7. The highest BCUT2D eigenvalue weighted by molar-refractivity contribution is 5.78. The van der Waals surface area contributed by atoms with Crippen LogP contribution in [0.4, 0.5) is 0 Å². The summed E-state index contributed by atoms with van der Waals surface area (Å²) >= 11 is 0. The van der Waals surface area contributed by atoms with E-state index in [2.05, 4.69) is 5.32 Å². The van der Waals surface area contributed by atoms with Gasteiger partial charge in [0.1, 0.15) is 5.78 Å². The van der Waals surface area contributed by atoms with Crippen LogP contribution in [0.1, 0.15) is 193 Å². The molecule has 0 bridgehead atoms. The lowest BCUT2D eigenvalue weighted by atomic mass is 10.0. The van der Waals surface area contributed by atoms with Crippen molar-refractivity contribution < 1.29 is 29.4 Å². The van der Waals surface area contributed by atoms with Crippen LogP contribution in [0.5, 0.6) is 0 Å². The molecule has 0 aliphatic rings. The number of carboxylic acids is 2. The van der Waals surface area contributed by atoms with Gasteiger partial charge in [-0.25, -0.2) is 0 Å². The van der Waals surface area contributed by atoms with Crippen molar-refractivity contribution in [2.45, 2.75) is 193 Å². The molecule has 0 rings (SSSR count). The summed E-state index contributed by atoms with van der Waals surface area (Å²) in [5, 5.41) is 20.4. The molecule has 3 N–H and O–H groups in total. The van der Waals surface area contributed by atoms with Crippen molar-refractivity contribution in [2.24, 2.45) is 5.92 Å². The van der Waals surface area contributed by atoms with E-state index < -0.39 is 11.9 Å². The van der Waals surface area contributed by atoms with Crippen molar-refractivity contribution in [3.05, 3.63) is 0 Å². The van der Waals surface area contributed by atoms with Gasteiger partial charge in [0.25, 0.3) is 0 Å². The number of carboxylic acid groups (broad SMARTS) is 2. The second-order valence-corrected chi connectivity index (χ2v) is 12.8. The molecule has 7 heteroatoms. The van der Waals surface area contributed by atoms with Crippen LogP contribution in [0.15, 0.2) is 0 Å². The molecule has 0 aromatic heterocycles. The zero-order valence-corrected chi connectivity index (χ0v) is 27.8. The molecule has 0 spiro atoms. The van der Waals surface area contributed by atoms with Crippen LogP contribution < -0.4 is 5.32 Å². The largest absolute Gasteiger partial charge is 0.481 e. The lowest BCUT2D eigenvalue weighted by molar-refractivity contribution is -0.141. The minimum atomic E-state index is -0.756. The Hall–Kier alpha value is -1.92. The van der Waals surface area contributed by atoms with Crippen molar-refractivity contribution in [1.82, 2.24) is 5.32 Å². The van der Waals surface area contributed by atoms with Gasteiger partial charge in [-0.1, -0.05) is 129 Å². The molecule has 1 atom stereocenters. The van der Waals surface area contributed by atoms with E-state index in [0.717, 1.165) is 83.5 Å². The van der Waals surface area contributed by atoms with Crippen LogP contribution in [0.25, 0.3) is 0 Å². The first-order valence-electron chi connectivity index (χ1n) is 18.1. The molecule has 0 radical (unpaired) electrons. The number of hydrogen-bond acceptors (Lipinski definition) is 4. The van der Waals surface area contributed by atoms with Crippen molar-refractivity contribution in [1.29, 1.82) is 0 Å². The third-order valence-electron chi connectivity index (χ3n) is 8.51. The maximum Gasteiger partial charge on any atom is 0.306 e. The number of unbranched alkanes of at least 4 members (excludes halogenated alkanes) is 21. The van der Waals surface area contributed by atoms with E-state index in [1.807, 2.05) is 0 Å². The van der Waals surface area contributed by atoms with Gasteiger partial charge in [0.05, 0.1) is 5.92 Å². The first-order valence-corrected chi connectivity index (χ1v) is 18.1. The van der Waals surface area contributed by atoms with E-state index in [1.54, 1.807) is 6.92 Å². The molecular weight excluding hydrogens is 542 g/mol. The fourth-order valence-electron chi connectivity index (χ4n) is 5.53. The van der Waals surface area contributed by atoms with Crippen LogP contribution in [0, 0.1) is 5.92 Å². The van der Waals surface area contributed by atoms with Gasteiger partial charge in [-0.3, -0.25) is 19.2 Å². The highest BCUT2D eigenvalue weighted by Gasteiger charge is 2.10. The molecule has 0 saturated heterocycles. The van der Waals surface area contributed by atoms with Crippen LogP contribution in [-0.4, -0.2) is 40.4 Å². The molecular formula is C36H67NO6. The van der Waals surface area contributed by atoms with E-state index in [0.29, 0.717) is 31.6 Å². The predicted octanol–water partition coefficient (Wildman–Crippen LogP) is 9.79. The van der Waals surface area contributed by atoms with Crippen LogP contribution in [0.3, 0.4) is 0 Å². The normalized spacial score (nSPS) is 11.8. The SMILES string of the molecule is C[C@@H](CCCCNC(=O)CCCCCCCCC(=O)CCCCCCCCCCCCCCCCCCC(=O)O)C(=O)O. The molecule has 0 fully saturated rings. The number of aliphatic carboxylic acids is 2. The van der Waals surface area contributed by atoms with Gasteiger partial charge in [0, 0.05) is 32.2 Å². The Morgan fingerprint density at radius 3 is 1.19 bits per heavy atom. The summed E-state index contributed by atoms with van der Waals surface area (Å²) in [4.78, 5) is 45.3. The summed E-state index contributed by atoms with van der Waals surface area (Å²) in [7, 11) is 0. The summed E-state index contributed by atoms with van der Waals surface area (Å²) in [5.74, 6) is -1.23. The molecule has 0 unspecified atom stereocenters. The number of Topliss-reactive ketones (excluding diaryl/α,β-unsaturated/α-hetero) is 1. The van der Waals surface area contributed by atoms with Gasteiger partial charge >= 0.3 is 11.9 Å². The van der Waals surface area contributed by atoms with Gasteiger partial charge in [0.2, 0.25) is 5.91 Å². The van der Waals surface area contributed by atoms with Crippen molar-refractivity contribution in [2.75, 3.05) is 6.54 Å². The van der Waals surface area contributed by atoms with Crippen molar-refractivity contribution in [3.8, 4) is 0 Å². The molecule has 0 aromatic rings. The second kappa shape index (κ2) is 31.5. The van der Waals surface area contributed by atoms with Crippen LogP contribution in [-0.2, 0) is 19.2 Å². The second-order valence-electron chi connectivity index (χ2n) is 12.8. The molecule has 0 aromatic carbocycles. The van der Waals surface area contributed by atoms with Crippen molar-refractivity contribution >= 4 is 23.6 Å². The minimum Gasteiger partial charge on any atom is -0.481 e. The van der Waals surface area contributed by atoms with Gasteiger partial charge in [-0.2, -0.15) is 0 Å². The molecule has 0 aliphatic heterocycles. The van der Waals surface area contributed by atoms with E-state index in [9.17, 15) is 19.2 Å². The van der Waals surface area contributed by atoms with Gasteiger partial charge in [-0.05, 0) is 38.5 Å². The van der Waals surface area contributed by atoms with Crippen molar-refractivity contribution in [3.63, 3.8) is 0 Å². The number of ketones is 1. The highest BCUT2D eigenvalue weighted by Crippen LogP contribution is 2.15.